The van der Waals surface area contributed by atoms with Crippen LogP contribution < -0.4 is 4.90 Å². The maximum atomic E-state index is 13.4. The molecule has 26 heavy (non-hydrogen) atoms. The third-order valence-corrected chi connectivity index (χ3v) is 4.38. The molecule has 0 radical (unpaired) electrons. The van der Waals surface area contributed by atoms with Crippen LogP contribution in [0.4, 0.5) is 34.6 Å². The first-order chi connectivity index (χ1) is 11.7. The molecule has 0 fully saturated rings. The van der Waals surface area contributed by atoms with Gasteiger partial charge < -0.3 is 4.90 Å². The first kappa shape index (κ1) is 21.5. The number of halogens is 4. The summed E-state index contributed by atoms with van der Waals surface area (Å²) >= 11 is 0. The van der Waals surface area contributed by atoms with E-state index in [0.29, 0.717) is 23.3 Å². The largest absolute Gasteiger partial charge is 0.354 e. The number of alkyl halides is 4. The second kappa shape index (κ2) is 7.39. The monoisotopic (exact) mass is 403 g/mol. The molecule has 0 aliphatic rings. The summed E-state index contributed by atoms with van der Waals surface area (Å²) in [7, 11) is -4.11. The first-order valence-corrected chi connectivity index (χ1v) is 8.69. The normalized spacial score (nSPS) is 12.3. The van der Waals surface area contributed by atoms with Crippen molar-refractivity contribution in [2.24, 2.45) is 0 Å². The van der Waals surface area contributed by atoms with Gasteiger partial charge in [0.1, 0.15) is 0 Å². The molecule has 1 aromatic carbocycles. The van der Waals surface area contributed by atoms with Gasteiger partial charge in [0.15, 0.2) is 15.5 Å². The Morgan fingerprint density at radius 3 is 1.85 bits per heavy atom. The van der Waals surface area contributed by atoms with Crippen LogP contribution in [0.1, 0.15) is 6.92 Å². The third-order valence-electron chi connectivity index (χ3n) is 3.28. The van der Waals surface area contributed by atoms with Gasteiger partial charge in [0.2, 0.25) is 0 Å². The predicted octanol–water partition coefficient (Wildman–Crippen LogP) is 2.63. The van der Waals surface area contributed by atoms with Crippen molar-refractivity contribution in [1.82, 2.24) is 0 Å². The van der Waals surface area contributed by atoms with Crippen LogP contribution in [0.25, 0.3) is 0 Å². The van der Waals surface area contributed by atoms with Gasteiger partial charge in [0.25, 0.3) is 0 Å². The molecular formula is C12H13F4N3O6S. The van der Waals surface area contributed by atoms with E-state index < -0.39 is 67.1 Å². The SMILES string of the molecule is CCN(CC(F)(F)C(F)F)c1c([N+](=O)[O-])cc(S(C)(=O)=O)cc1[N+](=O)[O-]. The fourth-order valence-electron chi connectivity index (χ4n) is 2.07. The minimum absolute atomic E-state index is 0.342. The second-order valence-corrected chi connectivity index (χ2v) is 7.19. The van der Waals surface area contributed by atoms with Crippen LogP contribution in [0.2, 0.25) is 0 Å². The number of hydrogen-bond donors (Lipinski definition) is 0. The lowest BCUT2D eigenvalue weighted by atomic mass is 10.2. The van der Waals surface area contributed by atoms with Crippen LogP contribution in [0.3, 0.4) is 0 Å². The van der Waals surface area contributed by atoms with E-state index in [1.54, 1.807) is 0 Å². The molecule has 0 aliphatic heterocycles. The molecule has 14 heteroatoms. The molecule has 0 amide bonds. The summed E-state index contributed by atoms with van der Waals surface area (Å²) < 4.78 is 74.8. The Morgan fingerprint density at radius 2 is 1.58 bits per heavy atom. The van der Waals surface area contributed by atoms with Crippen LogP contribution in [0.15, 0.2) is 17.0 Å². The highest BCUT2D eigenvalue weighted by Crippen LogP contribution is 2.41. The lowest BCUT2D eigenvalue weighted by Gasteiger charge is -2.27. The maximum Gasteiger partial charge on any atom is 0.324 e. The molecule has 0 aromatic heterocycles. The van der Waals surface area contributed by atoms with Crippen LogP contribution in [-0.2, 0) is 9.84 Å². The Kier molecular flexibility index (Phi) is 6.12. The highest BCUT2D eigenvalue weighted by atomic mass is 32.2. The molecule has 0 atom stereocenters. The van der Waals surface area contributed by atoms with Crippen molar-refractivity contribution in [2.45, 2.75) is 24.2 Å². The predicted molar refractivity (Wildman–Crippen MR) is 81.7 cm³/mol. The van der Waals surface area contributed by atoms with Crippen molar-refractivity contribution in [3.05, 3.63) is 32.4 Å². The molecule has 0 bridgehead atoms. The van der Waals surface area contributed by atoms with E-state index in [0.717, 1.165) is 0 Å². The standard InChI is InChI=1S/C12H13F4N3O6S/c1-3-17(6-12(15,16)11(13)14)10-8(18(20)21)4-7(26(2,24)25)5-9(10)19(22)23/h4-5,11H,3,6H2,1-2H3. The van der Waals surface area contributed by atoms with E-state index in [4.69, 9.17) is 0 Å². The topological polar surface area (TPSA) is 124 Å². The van der Waals surface area contributed by atoms with Crippen LogP contribution in [0, 0.1) is 20.2 Å². The van der Waals surface area contributed by atoms with Gasteiger partial charge in [0, 0.05) is 24.9 Å². The second-order valence-electron chi connectivity index (χ2n) is 5.17. The Bertz CT molecular complexity index is 795. The number of rotatable bonds is 8. The van der Waals surface area contributed by atoms with Crippen molar-refractivity contribution < 1.29 is 35.8 Å². The van der Waals surface area contributed by atoms with Gasteiger partial charge >= 0.3 is 23.7 Å². The molecule has 9 nitrogen and oxygen atoms in total. The minimum Gasteiger partial charge on any atom is -0.354 e. The van der Waals surface area contributed by atoms with E-state index in [9.17, 15) is 46.2 Å². The first-order valence-electron chi connectivity index (χ1n) is 6.80. The molecule has 0 saturated heterocycles. The van der Waals surface area contributed by atoms with Gasteiger partial charge in [-0.3, -0.25) is 20.2 Å². The zero-order valence-electron chi connectivity index (χ0n) is 13.4. The quantitative estimate of drug-likeness (QED) is 0.371. The fraction of sp³-hybridized carbons (Fsp3) is 0.500. The molecule has 0 spiro atoms. The van der Waals surface area contributed by atoms with Crippen molar-refractivity contribution >= 4 is 26.9 Å². The number of nitro benzene ring substituents is 2. The van der Waals surface area contributed by atoms with Crippen molar-refractivity contribution in [3.8, 4) is 0 Å². The third kappa shape index (κ3) is 4.56. The molecule has 0 unspecified atom stereocenters. The Labute approximate surface area is 144 Å². The van der Waals surface area contributed by atoms with Gasteiger partial charge in [-0.15, -0.1) is 0 Å². The van der Waals surface area contributed by atoms with Crippen molar-refractivity contribution in [3.63, 3.8) is 0 Å². The van der Waals surface area contributed by atoms with Crippen LogP contribution >= 0.6 is 0 Å². The average molecular weight is 403 g/mol. The molecule has 0 N–H and O–H groups in total. The van der Waals surface area contributed by atoms with E-state index >= 15 is 0 Å². The molecular weight excluding hydrogens is 390 g/mol. The zero-order valence-corrected chi connectivity index (χ0v) is 14.2. The summed E-state index contributed by atoms with van der Waals surface area (Å²) in [6.07, 6.45) is -3.47. The van der Waals surface area contributed by atoms with Gasteiger partial charge in [-0.25, -0.2) is 17.2 Å². The van der Waals surface area contributed by atoms with E-state index in [1.165, 1.54) is 6.92 Å². The summed E-state index contributed by atoms with van der Waals surface area (Å²) in [5.74, 6) is -4.60. The summed E-state index contributed by atoms with van der Waals surface area (Å²) in [5, 5.41) is 22.4. The minimum atomic E-state index is -4.60. The van der Waals surface area contributed by atoms with E-state index in [-0.39, 0.29) is 0 Å². The highest BCUT2D eigenvalue weighted by Gasteiger charge is 2.44. The number of nitro groups is 2. The average Bonchev–Trinajstić information content (AvgIpc) is 2.50. The van der Waals surface area contributed by atoms with Crippen molar-refractivity contribution in [2.75, 3.05) is 24.2 Å². The Balaban J connectivity index is 3.76. The smallest absolute Gasteiger partial charge is 0.324 e. The summed E-state index contributed by atoms with van der Waals surface area (Å²) in [4.78, 5) is 19.6. The number of benzene rings is 1. The molecule has 0 heterocycles. The number of anilines is 1. The van der Waals surface area contributed by atoms with Gasteiger partial charge in [-0.1, -0.05) is 0 Å². The Hall–Kier alpha value is -2.51. The van der Waals surface area contributed by atoms with E-state index in [2.05, 4.69) is 0 Å². The van der Waals surface area contributed by atoms with Gasteiger partial charge in [-0.05, 0) is 6.92 Å². The molecule has 1 rings (SSSR count). The summed E-state index contributed by atoms with van der Waals surface area (Å²) in [5.41, 5.74) is -3.30. The molecule has 0 aliphatic carbocycles. The van der Waals surface area contributed by atoms with Gasteiger partial charge in [-0.2, -0.15) is 8.78 Å². The number of sulfone groups is 1. The zero-order chi connectivity index (χ0) is 20.4. The maximum absolute atomic E-state index is 13.4. The lowest BCUT2D eigenvalue weighted by Crippen LogP contribution is -2.42. The van der Waals surface area contributed by atoms with E-state index in [1.807, 2.05) is 0 Å². The number of hydrogen-bond acceptors (Lipinski definition) is 7. The molecule has 1 aromatic rings. The van der Waals surface area contributed by atoms with Gasteiger partial charge in [0.05, 0.1) is 21.3 Å². The summed E-state index contributed by atoms with van der Waals surface area (Å²) in [6.45, 7) is -1.08. The molecule has 0 saturated carbocycles. The van der Waals surface area contributed by atoms with Crippen LogP contribution in [0.5, 0.6) is 0 Å². The number of nitrogens with zero attached hydrogens (tertiary/aromatic N) is 3. The molecule has 146 valence electrons. The van der Waals surface area contributed by atoms with Crippen molar-refractivity contribution in [1.29, 1.82) is 0 Å². The lowest BCUT2D eigenvalue weighted by molar-refractivity contribution is -0.393. The fourth-order valence-corrected chi connectivity index (χ4v) is 2.72. The Morgan fingerprint density at radius 1 is 1.15 bits per heavy atom. The summed E-state index contributed by atoms with van der Waals surface area (Å²) in [6, 6.07) is 0.918. The van der Waals surface area contributed by atoms with Crippen LogP contribution in [-0.4, -0.2) is 50.0 Å². The highest BCUT2D eigenvalue weighted by molar-refractivity contribution is 7.90.